The van der Waals surface area contributed by atoms with Crippen molar-refractivity contribution in [2.45, 2.75) is 6.36 Å². The van der Waals surface area contributed by atoms with Gasteiger partial charge in [-0.25, -0.2) is 0 Å². The van der Waals surface area contributed by atoms with Crippen molar-refractivity contribution in [3.8, 4) is 17.2 Å². The second kappa shape index (κ2) is 6.91. The van der Waals surface area contributed by atoms with Gasteiger partial charge in [-0.2, -0.15) is 0 Å². The van der Waals surface area contributed by atoms with E-state index in [0.717, 1.165) is 12.1 Å². The molecule has 1 amide bonds. The Morgan fingerprint density at radius 1 is 1.13 bits per heavy atom. The van der Waals surface area contributed by atoms with Gasteiger partial charge in [0, 0.05) is 11.8 Å². The molecule has 0 aliphatic carbocycles. The van der Waals surface area contributed by atoms with E-state index in [-0.39, 0.29) is 17.2 Å². The van der Waals surface area contributed by atoms with Crippen LogP contribution >= 0.6 is 0 Å². The van der Waals surface area contributed by atoms with Crippen LogP contribution < -0.4 is 14.8 Å². The first-order valence-electron chi connectivity index (χ1n) is 6.40. The van der Waals surface area contributed by atoms with Crippen molar-refractivity contribution in [2.75, 3.05) is 11.9 Å². The summed E-state index contributed by atoms with van der Waals surface area (Å²) in [5, 5.41) is 11.8. The van der Waals surface area contributed by atoms with E-state index in [1.165, 1.54) is 24.3 Å². The van der Waals surface area contributed by atoms with Gasteiger partial charge in [-0.05, 0) is 24.3 Å². The monoisotopic (exact) mass is 327 g/mol. The van der Waals surface area contributed by atoms with Gasteiger partial charge in [-0.1, -0.05) is 18.2 Å². The van der Waals surface area contributed by atoms with E-state index in [4.69, 9.17) is 4.74 Å². The average Bonchev–Trinajstić information content (AvgIpc) is 2.45. The Bertz CT molecular complexity index is 688. The molecule has 0 atom stereocenters. The average molecular weight is 327 g/mol. The minimum atomic E-state index is -4.81. The largest absolute Gasteiger partial charge is 0.573 e. The maximum atomic E-state index is 12.1. The number of amides is 1. The number of halogens is 3. The lowest BCUT2D eigenvalue weighted by Gasteiger charge is -2.11. The van der Waals surface area contributed by atoms with Gasteiger partial charge in [0.1, 0.15) is 5.75 Å². The Morgan fingerprint density at radius 3 is 2.57 bits per heavy atom. The first-order valence-corrected chi connectivity index (χ1v) is 6.40. The number of phenolic OH excluding ortho intramolecular Hbond substituents is 1. The van der Waals surface area contributed by atoms with Gasteiger partial charge in [0.05, 0.1) is 0 Å². The van der Waals surface area contributed by atoms with Crippen LogP contribution in [0.25, 0.3) is 0 Å². The summed E-state index contributed by atoms with van der Waals surface area (Å²) < 4.78 is 45.2. The number of benzene rings is 2. The number of nitrogens with one attached hydrogen (secondary N) is 1. The van der Waals surface area contributed by atoms with Gasteiger partial charge in [-0.15, -0.1) is 13.2 Å². The molecule has 0 aromatic heterocycles. The van der Waals surface area contributed by atoms with E-state index in [0.29, 0.717) is 0 Å². The summed E-state index contributed by atoms with van der Waals surface area (Å²) in [6, 6.07) is 10.9. The van der Waals surface area contributed by atoms with Crippen molar-refractivity contribution in [1.82, 2.24) is 0 Å². The lowest BCUT2D eigenvalue weighted by Crippen LogP contribution is -2.20. The molecule has 0 radical (unpaired) electrons. The molecule has 0 aliphatic heterocycles. The zero-order valence-electron chi connectivity index (χ0n) is 11.6. The third kappa shape index (κ3) is 5.42. The fourth-order valence-electron chi connectivity index (χ4n) is 1.69. The van der Waals surface area contributed by atoms with Gasteiger partial charge in [0.25, 0.3) is 5.91 Å². The molecule has 2 aromatic rings. The Kier molecular flexibility index (Phi) is 4.95. The fraction of sp³-hybridized carbons (Fsp3) is 0.133. The van der Waals surface area contributed by atoms with Crippen LogP contribution in [0.3, 0.4) is 0 Å². The summed E-state index contributed by atoms with van der Waals surface area (Å²) >= 11 is 0. The van der Waals surface area contributed by atoms with Crippen molar-refractivity contribution >= 4 is 11.6 Å². The number of anilines is 1. The molecule has 0 saturated heterocycles. The fourth-order valence-corrected chi connectivity index (χ4v) is 1.69. The van der Waals surface area contributed by atoms with Crippen LogP contribution in [0.5, 0.6) is 17.2 Å². The van der Waals surface area contributed by atoms with E-state index in [1.807, 2.05) is 0 Å². The Hall–Kier alpha value is -2.90. The lowest BCUT2D eigenvalue weighted by atomic mass is 10.3. The summed E-state index contributed by atoms with van der Waals surface area (Å²) in [6.45, 7) is -0.415. The highest BCUT2D eigenvalue weighted by Crippen LogP contribution is 2.26. The molecule has 0 aliphatic rings. The molecule has 2 aromatic carbocycles. The molecule has 0 spiro atoms. The van der Waals surface area contributed by atoms with Gasteiger partial charge in [0.15, 0.2) is 18.1 Å². The van der Waals surface area contributed by atoms with E-state index < -0.39 is 24.6 Å². The summed E-state index contributed by atoms with van der Waals surface area (Å²) in [5.74, 6) is -1.05. The van der Waals surface area contributed by atoms with Gasteiger partial charge in [0.2, 0.25) is 0 Å². The summed E-state index contributed by atoms with van der Waals surface area (Å²) in [4.78, 5) is 11.7. The number of aromatic hydroxyl groups is 1. The van der Waals surface area contributed by atoms with E-state index in [1.54, 1.807) is 12.1 Å². The Labute approximate surface area is 129 Å². The number of phenols is 1. The molecular formula is C15H12F3NO4. The third-order valence-corrected chi connectivity index (χ3v) is 2.58. The number of hydrogen-bond donors (Lipinski definition) is 2. The molecule has 8 heteroatoms. The highest BCUT2D eigenvalue weighted by molar-refractivity contribution is 5.92. The van der Waals surface area contributed by atoms with Crippen LogP contribution in [-0.4, -0.2) is 24.0 Å². The number of hydrogen-bond acceptors (Lipinski definition) is 4. The van der Waals surface area contributed by atoms with Crippen LogP contribution in [0.15, 0.2) is 48.5 Å². The predicted molar refractivity (Wildman–Crippen MR) is 75.4 cm³/mol. The highest BCUT2D eigenvalue weighted by atomic mass is 19.4. The van der Waals surface area contributed by atoms with E-state index >= 15 is 0 Å². The normalized spacial score (nSPS) is 10.9. The van der Waals surface area contributed by atoms with E-state index in [9.17, 15) is 23.1 Å². The second-order valence-corrected chi connectivity index (χ2v) is 4.38. The van der Waals surface area contributed by atoms with Crippen molar-refractivity contribution in [2.24, 2.45) is 0 Å². The van der Waals surface area contributed by atoms with Crippen molar-refractivity contribution in [3.05, 3.63) is 48.5 Å². The zero-order valence-corrected chi connectivity index (χ0v) is 11.6. The van der Waals surface area contributed by atoms with Gasteiger partial charge < -0.3 is 19.9 Å². The number of alkyl halides is 3. The summed E-state index contributed by atoms with van der Waals surface area (Å²) in [5.41, 5.74) is 0.123. The van der Waals surface area contributed by atoms with Crippen LogP contribution in [0, 0.1) is 0 Å². The minimum absolute atomic E-state index is 0.122. The lowest BCUT2D eigenvalue weighted by molar-refractivity contribution is -0.274. The van der Waals surface area contributed by atoms with Gasteiger partial charge >= 0.3 is 6.36 Å². The number of ether oxygens (including phenoxy) is 2. The predicted octanol–water partition coefficient (Wildman–Crippen LogP) is 3.31. The van der Waals surface area contributed by atoms with Crippen LogP contribution in [0.2, 0.25) is 0 Å². The number of carbonyl (C=O) groups is 1. The highest BCUT2D eigenvalue weighted by Gasteiger charge is 2.31. The first kappa shape index (κ1) is 16.5. The minimum Gasteiger partial charge on any atom is -0.504 e. The molecule has 2 rings (SSSR count). The quantitative estimate of drug-likeness (QED) is 0.884. The standard InChI is InChI=1S/C15H12F3NO4/c16-15(17,18)23-11-5-3-4-10(8-11)19-14(21)9-22-13-7-2-1-6-12(13)20/h1-8,20H,9H2,(H,19,21). The molecule has 0 bridgehead atoms. The molecule has 23 heavy (non-hydrogen) atoms. The first-order chi connectivity index (χ1) is 10.8. The van der Waals surface area contributed by atoms with Crippen LogP contribution in [-0.2, 0) is 4.79 Å². The molecule has 0 fully saturated rings. The molecule has 0 unspecified atom stereocenters. The summed E-state index contributed by atoms with van der Waals surface area (Å²) in [7, 11) is 0. The molecule has 122 valence electrons. The third-order valence-electron chi connectivity index (χ3n) is 2.58. The molecule has 2 N–H and O–H groups in total. The van der Waals surface area contributed by atoms with Crippen molar-refractivity contribution in [3.63, 3.8) is 0 Å². The van der Waals surface area contributed by atoms with Gasteiger partial charge in [-0.3, -0.25) is 4.79 Å². The number of para-hydroxylation sites is 2. The van der Waals surface area contributed by atoms with Crippen molar-refractivity contribution in [1.29, 1.82) is 0 Å². The molecular weight excluding hydrogens is 315 g/mol. The van der Waals surface area contributed by atoms with Crippen molar-refractivity contribution < 1.29 is 32.5 Å². The topological polar surface area (TPSA) is 67.8 Å². The molecule has 0 heterocycles. The number of carbonyl (C=O) groups excluding carboxylic acids is 1. The smallest absolute Gasteiger partial charge is 0.504 e. The molecule has 0 saturated carbocycles. The maximum absolute atomic E-state index is 12.1. The second-order valence-electron chi connectivity index (χ2n) is 4.38. The zero-order chi connectivity index (χ0) is 16.9. The van der Waals surface area contributed by atoms with Crippen LogP contribution in [0.4, 0.5) is 18.9 Å². The Morgan fingerprint density at radius 2 is 1.87 bits per heavy atom. The van der Waals surface area contributed by atoms with E-state index in [2.05, 4.69) is 10.1 Å². The SMILES string of the molecule is O=C(COc1ccccc1O)Nc1cccc(OC(F)(F)F)c1. The Balaban J connectivity index is 1.93. The van der Waals surface area contributed by atoms with Crippen LogP contribution in [0.1, 0.15) is 0 Å². The summed E-state index contributed by atoms with van der Waals surface area (Å²) in [6.07, 6.45) is -4.81. The maximum Gasteiger partial charge on any atom is 0.573 e. The molecule has 5 nitrogen and oxygen atoms in total. The number of rotatable bonds is 5.